The molecule has 4 fully saturated rings. The van der Waals surface area contributed by atoms with Crippen LogP contribution in [-0.4, -0.2) is 124 Å². The van der Waals surface area contributed by atoms with Gasteiger partial charge in [0.05, 0.1) is 19.1 Å². The zero-order valence-electron chi connectivity index (χ0n) is 18.7. The lowest BCUT2D eigenvalue weighted by molar-refractivity contribution is -0.0483. The van der Waals surface area contributed by atoms with E-state index >= 15 is 0 Å². The molecule has 6 atom stereocenters. The van der Waals surface area contributed by atoms with Gasteiger partial charge in [-0.3, -0.25) is 23.5 Å². The van der Waals surface area contributed by atoms with E-state index in [1.807, 2.05) is 0 Å². The predicted octanol–water partition coefficient (Wildman–Crippen LogP) is -1.19. The molecule has 19 heteroatoms. The summed E-state index contributed by atoms with van der Waals surface area (Å²) in [6, 6.07) is 0. The van der Waals surface area contributed by atoms with Crippen molar-refractivity contribution in [2.24, 2.45) is 0 Å². The molecule has 36 heavy (non-hydrogen) atoms. The zero-order valence-corrected chi connectivity index (χ0v) is 21.3. The van der Waals surface area contributed by atoms with Gasteiger partial charge in [0.25, 0.3) is 0 Å². The number of hydrogen-bond acceptors (Lipinski definition) is 12. The maximum atomic E-state index is 11.9. The summed E-state index contributed by atoms with van der Waals surface area (Å²) in [7, 11) is -9.50. The van der Waals surface area contributed by atoms with Crippen molar-refractivity contribution >= 4 is 43.8 Å². The van der Waals surface area contributed by atoms with Crippen LogP contribution in [0.1, 0.15) is 6.23 Å². The lowest BCUT2D eigenvalue weighted by atomic mass is 10.1. The number of fused-ring (bicyclic) bond motifs is 4. The highest BCUT2D eigenvalue weighted by molar-refractivity contribution is 7.70. The lowest BCUT2D eigenvalue weighted by Crippen LogP contribution is -2.63. The molecule has 4 aliphatic heterocycles. The summed E-state index contributed by atoms with van der Waals surface area (Å²) in [5.41, 5.74) is 0.587. The predicted molar refractivity (Wildman–Crippen MR) is 124 cm³/mol. The fourth-order valence-electron chi connectivity index (χ4n) is 4.65. The molecule has 200 valence electrons. The minimum atomic E-state index is -4.82. The first kappa shape index (κ1) is 26.4. The van der Waals surface area contributed by atoms with Crippen molar-refractivity contribution in [3.05, 3.63) is 11.6 Å². The molecule has 6 rings (SSSR count). The molecule has 6 heterocycles. The lowest BCUT2D eigenvalue weighted by Gasteiger charge is -2.47. The van der Waals surface area contributed by atoms with Crippen molar-refractivity contribution in [2.45, 2.75) is 30.7 Å². The molecule has 6 N–H and O–H groups in total. The number of anilines is 1. The zero-order chi connectivity index (χ0) is 25.8. The Morgan fingerprint density at radius 1 is 1.14 bits per heavy atom. The summed E-state index contributed by atoms with van der Waals surface area (Å²) < 4.78 is 34.7. The first-order chi connectivity index (χ1) is 16.9. The third-order valence-corrected chi connectivity index (χ3v) is 10.0. The van der Waals surface area contributed by atoms with Crippen molar-refractivity contribution in [3.8, 4) is 0 Å². The molecule has 0 aliphatic carbocycles. The van der Waals surface area contributed by atoms with E-state index in [2.05, 4.69) is 30.1 Å². The van der Waals surface area contributed by atoms with Crippen molar-refractivity contribution < 1.29 is 43.3 Å². The number of aromatic nitrogens is 4. The van der Waals surface area contributed by atoms with Gasteiger partial charge < -0.3 is 39.5 Å². The molecular formula is C17H26ClN7O9P2. The Morgan fingerprint density at radius 3 is 2.50 bits per heavy atom. The Bertz CT molecular complexity index is 1220. The number of nitrogens with one attached hydrogen (secondary N) is 1. The Balaban J connectivity index is 1.34. The molecule has 4 saturated heterocycles. The second-order valence-electron chi connectivity index (χ2n) is 8.95. The van der Waals surface area contributed by atoms with Gasteiger partial charge in [0.15, 0.2) is 29.1 Å². The summed E-state index contributed by atoms with van der Waals surface area (Å²) in [4.78, 5) is 45.0. The molecule has 0 amide bonds. The highest BCUT2D eigenvalue weighted by Crippen LogP contribution is 2.55. The smallest absolute Gasteiger partial charge is 0.340 e. The van der Waals surface area contributed by atoms with Crippen LogP contribution in [0.5, 0.6) is 0 Å². The van der Waals surface area contributed by atoms with E-state index in [-0.39, 0.29) is 17.1 Å². The fraction of sp³-hybridized carbons (Fsp3) is 0.706. The Labute approximate surface area is 209 Å². The molecule has 2 aromatic rings. The maximum Gasteiger partial charge on any atom is 0.340 e. The molecule has 4 unspecified atom stereocenters. The van der Waals surface area contributed by atoms with Crippen LogP contribution in [0.4, 0.5) is 5.82 Å². The van der Waals surface area contributed by atoms with Gasteiger partial charge in [-0.2, -0.15) is 9.97 Å². The first-order valence-corrected chi connectivity index (χ1v) is 15.0. The van der Waals surface area contributed by atoms with E-state index in [1.54, 1.807) is 0 Å². The summed E-state index contributed by atoms with van der Waals surface area (Å²) in [6.07, 6.45) is -4.20. The Kier molecular flexibility index (Phi) is 7.18. The summed E-state index contributed by atoms with van der Waals surface area (Å²) >= 11 is 6.18. The Hall–Kier alpha value is -1.26. The van der Waals surface area contributed by atoms with Gasteiger partial charge in [-0.25, -0.2) is 4.98 Å². The van der Waals surface area contributed by atoms with Crippen LogP contribution in [-0.2, 0) is 18.4 Å². The number of rotatable bonds is 8. The molecule has 2 aromatic heterocycles. The number of hydrogen-bond donors (Lipinski definition) is 6. The van der Waals surface area contributed by atoms with E-state index in [4.69, 9.17) is 30.6 Å². The number of ether oxygens (including phenoxy) is 1. The van der Waals surface area contributed by atoms with Crippen LogP contribution < -0.4 is 5.32 Å². The fourth-order valence-corrected chi connectivity index (χ4v) is 7.38. The van der Waals surface area contributed by atoms with Crippen molar-refractivity contribution in [1.29, 1.82) is 0 Å². The van der Waals surface area contributed by atoms with Crippen molar-refractivity contribution in [1.82, 2.24) is 29.3 Å². The molecular weight excluding hydrogens is 544 g/mol. The van der Waals surface area contributed by atoms with Gasteiger partial charge in [-0.15, -0.1) is 0 Å². The monoisotopic (exact) mass is 569 g/mol. The van der Waals surface area contributed by atoms with Gasteiger partial charge in [-0.1, -0.05) is 0 Å². The van der Waals surface area contributed by atoms with Crippen LogP contribution in [0.2, 0.25) is 5.28 Å². The molecule has 4 aliphatic rings. The summed E-state index contributed by atoms with van der Waals surface area (Å²) in [5.74, 6) is -0.989. The number of imidazole rings is 1. The van der Waals surface area contributed by atoms with Gasteiger partial charge in [-0.05, 0) is 11.6 Å². The second kappa shape index (κ2) is 9.80. The van der Waals surface area contributed by atoms with Gasteiger partial charge in [0.2, 0.25) is 5.28 Å². The third kappa shape index (κ3) is 5.46. The number of nitrogens with zero attached hydrogens (tertiary/aromatic N) is 6. The largest absolute Gasteiger partial charge is 0.387 e. The van der Waals surface area contributed by atoms with Crippen molar-refractivity contribution in [2.75, 3.05) is 50.6 Å². The van der Waals surface area contributed by atoms with Crippen LogP contribution in [0.3, 0.4) is 0 Å². The number of piperazine rings is 3. The van der Waals surface area contributed by atoms with Crippen LogP contribution >= 0.6 is 26.8 Å². The molecule has 2 bridgehead atoms. The number of aliphatic hydroxyl groups excluding tert-OH is 2. The highest BCUT2D eigenvalue weighted by atomic mass is 35.5. The van der Waals surface area contributed by atoms with Crippen molar-refractivity contribution in [3.63, 3.8) is 0 Å². The summed E-state index contributed by atoms with van der Waals surface area (Å²) in [5, 5.41) is 24.3. The average molecular weight is 570 g/mol. The number of aliphatic hydroxyl groups is 2. The van der Waals surface area contributed by atoms with Gasteiger partial charge in [0, 0.05) is 32.7 Å². The van der Waals surface area contributed by atoms with E-state index in [0.29, 0.717) is 11.3 Å². The highest BCUT2D eigenvalue weighted by Gasteiger charge is 2.46. The molecule has 0 saturated carbocycles. The molecule has 0 aromatic carbocycles. The van der Waals surface area contributed by atoms with Crippen LogP contribution in [0.25, 0.3) is 11.2 Å². The first-order valence-electron chi connectivity index (χ1n) is 11.1. The minimum absolute atomic E-state index is 0.00538. The summed E-state index contributed by atoms with van der Waals surface area (Å²) in [6.45, 7) is 3.95. The van der Waals surface area contributed by atoms with Crippen LogP contribution in [0, 0.1) is 0 Å². The van der Waals surface area contributed by atoms with Gasteiger partial charge >= 0.3 is 15.2 Å². The molecule has 16 nitrogen and oxygen atoms in total. The quantitative estimate of drug-likeness (QED) is 0.163. The van der Waals surface area contributed by atoms with Crippen LogP contribution in [0.15, 0.2) is 6.33 Å². The van der Waals surface area contributed by atoms with E-state index in [1.165, 1.54) is 10.9 Å². The third-order valence-electron chi connectivity index (χ3n) is 6.39. The van der Waals surface area contributed by atoms with E-state index in [9.17, 15) is 24.2 Å². The molecule has 0 radical (unpaired) electrons. The SMILES string of the molecule is O=P(O)(O)CP(=O)(O)OC[C@H]1O[C@@H](n2cnc3c(NC4CN5CCN4CC5)nc(Cl)nc32)C(O)C1O. The average Bonchev–Trinajstić information content (AvgIpc) is 3.33. The number of halogens is 1. The van der Waals surface area contributed by atoms with Gasteiger partial charge in [0.1, 0.15) is 18.3 Å². The standard InChI is InChI=1S/C17H26ClN7O9P2/c18-17-21-14(20-10-5-23-1-3-24(10)4-2-23)11-15(22-17)25(7-19-11)16-13(27)12(26)9(34-16)6-33-36(31,32)8-35(28,29)30/h7,9-10,12-13,16,26-27H,1-6,8H2,(H,31,32)(H,20,21,22)(H2,28,29,30)/t9-,10?,12?,13?,16-/m1/s1. The Morgan fingerprint density at radius 2 is 1.86 bits per heavy atom. The maximum absolute atomic E-state index is 11.9. The minimum Gasteiger partial charge on any atom is -0.387 e. The normalized spacial score (nSPS) is 34.2. The molecule has 0 spiro atoms. The van der Waals surface area contributed by atoms with E-state index in [0.717, 1.165) is 32.7 Å². The van der Waals surface area contributed by atoms with E-state index < -0.39 is 52.2 Å². The topological polar surface area (TPSA) is 216 Å². The second-order valence-corrected chi connectivity index (χ2v) is 13.3.